The largest absolute Gasteiger partial charge is 0.332 e. The molecule has 1 aromatic heterocycles. The van der Waals surface area contributed by atoms with Crippen LogP contribution in [0.1, 0.15) is 31.1 Å². The van der Waals surface area contributed by atoms with Crippen molar-refractivity contribution in [2.24, 2.45) is 0 Å². The number of hydrogen-bond donors (Lipinski definition) is 2. The lowest BCUT2D eigenvalue weighted by Gasteiger charge is -2.28. The number of aromatic nitrogens is 2. The van der Waals surface area contributed by atoms with E-state index in [1.54, 1.807) is 11.8 Å². The molecule has 5 nitrogen and oxygen atoms in total. The predicted molar refractivity (Wildman–Crippen MR) is 109 cm³/mol. The molecule has 1 atom stereocenters. The van der Waals surface area contributed by atoms with Crippen molar-refractivity contribution in [3.8, 4) is 0 Å². The van der Waals surface area contributed by atoms with Crippen LogP contribution >= 0.6 is 11.8 Å². The molecule has 0 spiro atoms. The van der Waals surface area contributed by atoms with E-state index in [1.165, 1.54) is 5.56 Å². The number of nitrogens with one attached hydrogen (secondary N) is 2. The maximum Gasteiger partial charge on any atom is 0.319 e. The molecular formula is C21H22N4OS. The number of carbonyl (C=O) groups is 1. The van der Waals surface area contributed by atoms with Crippen molar-refractivity contribution in [3.63, 3.8) is 0 Å². The molecule has 0 saturated carbocycles. The Balaban J connectivity index is 1.53. The van der Waals surface area contributed by atoms with E-state index in [0.29, 0.717) is 6.54 Å². The highest BCUT2D eigenvalue weighted by Crippen LogP contribution is 2.51. The highest BCUT2D eigenvalue weighted by Gasteiger charge is 2.42. The second kappa shape index (κ2) is 7.12. The predicted octanol–water partition coefficient (Wildman–Crippen LogP) is 4.68. The number of fused-ring (bicyclic) bond motifs is 1. The lowest BCUT2D eigenvalue weighted by Crippen LogP contribution is -2.31. The van der Waals surface area contributed by atoms with E-state index in [-0.39, 0.29) is 16.8 Å². The van der Waals surface area contributed by atoms with Gasteiger partial charge in [-0.25, -0.2) is 9.78 Å². The molecule has 1 aliphatic rings. The quantitative estimate of drug-likeness (QED) is 0.693. The van der Waals surface area contributed by atoms with E-state index in [4.69, 9.17) is 0 Å². The first-order valence-corrected chi connectivity index (χ1v) is 9.76. The van der Waals surface area contributed by atoms with Gasteiger partial charge < -0.3 is 15.2 Å². The highest BCUT2D eigenvalue weighted by atomic mass is 32.2. The van der Waals surface area contributed by atoms with Gasteiger partial charge in [-0.1, -0.05) is 60.3 Å². The van der Waals surface area contributed by atoms with Crippen LogP contribution in [0.15, 0.2) is 72.0 Å². The average molecular weight is 379 g/mol. The number of anilines is 1. The third kappa shape index (κ3) is 3.57. The van der Waals surface area contributed by atoms with Crippen molar-refractivity contribution in [1.29, 1.82) is 0 Å². The molecule has 2 amide bonds. The van der Waals surface area contributed by atoms with Gasteiger partial charge in [0.1, 0.15) is 0 Å². The van der Waals surface area contributed by atoms with Crippen LogP contribution in [0.5, 0.6) is 0 Å². The molecule has 0 fully saturated rings. The van der Waals surface area contributed by atoms with Crippen molar-refractivity contribution in [1.82, 2.24) is 14.9 Å². The van der Waals surface area contributed by atoms with Crippen LogP contribution in [0.3, 0.4) is 0 Å². The summed E-state index contributed by atoms with van der Waals surface area (Å²) in [4.78, 5) is 16.8. The van der Waals surface area contributed by atoms with Crippen molar-refractivity contribution in [3.05, 3.63) is 78.1 Å². The fourth-order valence-electron chi connectivity index (χ4n) is 3.51. The summed E-state index contributed by atoms with van der Waals surface area (Å²) in [5.41, 5.74) is 3.02. The zero-order valence-corrected chi connectivity index (χ0v) is 16.2. The van der Waals surface area contributed by atoms with Crippen LogP contribution < -0.4 is 10.6 Å². The summed E-state index contributed by atoms with van der Waals surface area (Å²) in [5, 5.41) is 6.78. The van der Waals surface area contributed by atoms with E-state index < -0.39 is 0 Å². The summed E-state index contributed by atoms with van der Waals surface area (Å²) < 4.78 is 2.24. The smallest absolute Gasteiger partial charge is 0.319 e. The molecule has 4 rings (SSSR count). The number of nitrogens with zero attached hydrogens (tertiary/aromatic N) is 2. The molecule has 27 heavy (non-hydrogen) atoms. The SMILES string of the molecule is CC1(C)Sc2ncc(CNC(=O)Nc3ccccc3)n2C1c1ccccc1. The summed E-state index contributed by atoms with van der Waals surface area (Å²) >= 11 is 1.78. The number of urea groups is 1. The molecule has 0 bridgehead atoms. The van der Waals surface area contributed by atoms with E-state index in [2.05, 4.69) is 58.3 Å². The van der Waals surface area contributed by atoms with Crippen molar-refractivity contribution >= 4 is 23.5 Å². The van der Waals surface area contributed by atoms with Gasteiger partial charge in [-0.2, -0.15) is 0 Å². The first-order chi connectivity index (χ1) is 13.0. The Morgan fingerprint density at radius 3 is 2.48 bits per heavy atom. The second-order valence-electron chi connectivity index (χ2n) is 7.09. The Morgan fingerprint density at radius 1 is 1.11 bits per heavy atom. The van der Waals surface area contributed by atoms with Gasteiger partial charge in [0, 0.05) is 10.4 Å². The third-order valence-corrected chi connectivity index (χ3v) is 5.92. The van der Waals surface area contributed by atoms with Crippen LogP contribution in [0.25, 0.3) is 0 Å². The second-order valence-corrected chi connectivity index (χ2v) is 8.72. The molecule has 6 heteroatoms. The summed E-state index contributed by atoms with van der Waals surface area (Å²) in [5.74, 6) is 0. The molecule has 3 aromatic rings. The molecule has 0 saturated heterocycles. The van der Waals surface area contributed by atoms with Crippen LogP contribution in [-0.2, 0) is 6.54 Å². The lowest BCUT2D eigenvalue weighted by molar-refractivity contribution is 0.251. The van der Waals surface area contributed by atoms with Gasteiger partial charge in [0.05, 0.1) is 24.5 Å². The molecule has 0 radical (unpaired) electrons. The Hall–Kier alpha value is -2.73. The molecule has 0 aliphatic carbocycles. The number of imidazole rings is 1. The first-order valence-electron chi connectivity index (χ1n) is 8.94. The van der Waals surface area contributed by atoms with Gasteiger partial charge >= 0.3 is 6.03 Å². The molecule has 2 heterocycles. The normalized spacial score (nSPS) is 17.3. The number of thioether (sulfide) groups is 1. The summed E-state index contributed by atoms with van der Waals surface area (Å²) in [7, 11) is 0. The lowest BCUT2D eigenvalue weighted by atomic mass is 9.95. The zero-order chi connectivity index (χ0) is 18.9. The van der Waals surface area contributed by atoms with Gasteiger partial charge in [-0.3, -0.25) is 0 Å². The van der Waals surface area contributed by atoms with Crippen LogP contribution in [-0.4, -0.2) is 20.3 Å². The third-order valence-electron chi connectivity index (χ3n) is 4.69. The van der Waals surface area contributed by atoms with Gasteiger partial charge in [0.15, 0.2) is 5.16 Å². The van der Waals surface area contributed by atoms with Crippen LogP contribution in [0, 0.1) is 0 Å². The molecule has 138 valence electrons. The minimum atomic E-state index is -0.224. The average Bonchev–Trinajstić information content (AvgIpc) is 3.15. The Bertz CT molecular complexity index is 937. The minimum Gasteiger partial charge on any atom is -0.332 e. The summed E-state index contributed by atoms with van der Waals surface area (Å²) in [6, 6.07) is 19.8. The van der Waals surface area contributed by atoms with Gasteiger partial charge in [0.25, 0.3) is 0 Å². The molecule has 1 aliphatic heterocycles. The van der Waals surface area contributed by atoms with Gasteiger partial charge in [-0.05, 0) is 31.5 Å². The summed E-state index contributed by atoms with van der Waals surface area (Å²) in [6.07, 6.45) is 1.86. The number of carbonyl (C=O) groups excluding carboxylic acids is 1. The van der Waals surface area contributed by atoms with Crippen molar-refractivity contribution in [2.45, 2.75) is 36.3 Å². The van der Waals surface area contributed by atoms with E-state index in [9.17, 15) is 4.79 Å². The fraction of sp³-hybridized carbons (Fsp3) is 0.238. The molecule has 1 unspecified atom stereocenters. The van der Waals surface area contributed by atoms with Crippen LogP contribution in [0.2, 0.25) is 0 Å². The number of rotatable bonds is 4. The van der Waals surface area contributed by atoms with Crippen molar-refractivity contribution in [2.75, 3.05) is 5.32 Å². The first kappa shape index (κ1) is 17.7. The van der Waals surface area contributed by atoms with Gasteiger partial charge in [-0.15, -0.1) is 0 Å². The molecule has 2 N–H and O–H groups in total. The summed E-state index contributed by atoms with van der Waals surface area (Å²) in [6.45, 7) is 4.90. The Morgan fingerprint density at radius 2 is 1.78 bits per heavy atom. The maximum atomic E-state index is 12.2. The monoisotopic (exact) mass is 378 g/mol. The topological polar surface area (TPSA) is 59.0 Å². The van der Waals surface area contributed by atoms with Crippen LogP contribution in [0.4, 0.5) is 10.5 Å². The van der Waals surface area contributed by atoms with Crippen molar-refractivity contribution < 1.29 is 4.79 Å². The Labute approximate surface area is 163 Å². The molecular weight excluding hydrogens is 356 g/mol. The Kier molecular flexibility index (Phi) is 4.66. The number of benzene rings is 2. The molecule has 2 aromatic carbocycles. The highest BCUT2D eigenvalue weighted by molar-refractivity contribution is 8.00. The number of para-hydroxylation sites is 1. The van der Waals surface area contributed by atoms with E-state index in [1.807, 2.05) is 42.6 Å². The minimum absolute atomic E-state index is 0.00794. The van der Waals surface area contributed by atoms with E-state index >= 15 is 0 Å². The number of hydrogen-bond acceptors (Lipinski definition) is 3. The standard InChI is InChI=1S/C21H22N4OS/c1-21(2)18(15-9-5-3-6-10-15)25-17(14-23-20(25)27-21)13-22-19(26)24-16-11-7-4-8-12-16/h3-12,14,18H,13H2,1-2H3,(H2,22,24,26). The van der Waals surface area contributed by atoms with E-state index in [0.717, 1.165) is 16.5 Å². The number of amides is 2. The zero-order valence-electron chi connectivity index (χ0n) is 15.3. The fourth-order valence-corrected chi connectivity index (χ4v) is 4.77. The maximum absolute atomic E-state index is 12.2. The van der Waals surface area contributed by atoms with Gasteiger partial charge in [0.2, 0.25) is 0 Å².